The summed E-state index contributed by atoms with van der Waals surface area (Å²) in [5.41, 5.74) is 1.57. The van der Waals surface area contributed by atoms with Crippen molar-refractivity contribution in [2.45, 2.75) is 44.4 Å². The number of ketones is 1. The summed E-state index contributed by atoms with van der Waals surface area (Å²) in [6.07, 6.45) is -0.854. The van der Waals surface area contributed by atoms with Gasteiger partial charge in [-0.2, -0.15) is 4.31 Å². The average Bonchev–Trinajstić information content (AvgIpc) is 3.18. The van der Waals surface area contributed by atoms with Crippen molar-refractivity contribution in [1.82, 2.24) is 4.31 Å². The van der Waals surface area contributed by atoms with E-state index in [-0.39, 0.29) is 35.7 Å². The van der Waals surface area contributed by atoms with Crippen LogP contribution in [0.4, 0.5) is 0 Å². The van der Waals surface area contributed by atoms with E-state index in [1.165, 1.54) is 4.31 Å². The lowest BCUT2D eigenvalue weighted by molar-refractivity contribution is 0.0537. The van der Waals surface area contributed by atoms with Gasteiger partial charge in [0.25, 0.3) is 0 Å². The number of ether oxygens (including phenoxy) is 1. The second kappa shape index (κ2) is 8.54. The fourth-order valence-corrected chi connectivity index (χ4v) is 5.94. The first-order valence-corrected chi connectivity index (χ1v) is 12.0. The molecule has 5 nitrogen and oxygen atoms in total. The predicted molar refractivity (Wildman–Crippen MR) is 121 cm³/mol. The van der Waals surface area contributed by atoms with E-state index in [0.29, 0.717) is 5.56 Å². The molecule has 0 spiro atoms. The molecule has 1 heterocycles. The molecule has 1 fully saturated rings. The van der Waals surface area contributed by atoms with E-state index in [4.69, 9.17) is 4.74 Å². The number of hydrogen-bond donors (Lipinski definition) is 0. The van der Waals surface area contributed by atoms with E-state index in [1.807, 2.05) is 57.2 Å². The number of Topliss-reactive ketones (excluding diaryl/α,β-unsaturated/α-hetero) is 1. The van der Waals surface area contributed by atoms with Gasteiger partial charge < -0.3 is 4.74 Å². The van der Waals surface area contributed by atoms with Gasteiger partial charge in [0.15, 0.2) is 5.78 Å². The Morgan fingerprint density at radius 3 is 2.42 bits per heavy atom. The summed E-state index contributed by atoms with van der Waals surface area (Å²) >= 11 is 0. The van der Waals surface area contributed by atoms with Crippen LogP contribution in [0.3, 0.4) is 0 Å². The second-order valence-electron chi connectivity index (χ2n) is 8.40. The summed E-state index contributed by atoms with van der Waals surface area (Å²) in [5.74, 6) is -0.0757. The van der Waals surface area contributed by atoms with E-state index < -0.39 is 16.3 Å². The molecule has 0 bridgehead atoms. The minimum absolute atomic E-state index is 0.0255. The maximum absolute atomic E-state index is 13.5. The van der Waals surface area contributed by atoms with Crippen molar-refractivity contribution < 1.29 is 17.9 Å². The average molecular weight is 438 g/mol. The smallest absolute Gasteiger partial charge is 0.245 e. The number of benzene rings is 3. The van der Waals surface area contributed by atoms with E-state index in [9.17, 15) is 13.2 Å². The van der Waals surface area contributed by atoms with E-state index in [2.05, 4.69) is 0 Å². The van der Waals surface area contributed by atoms with Crippen LogP contribution in [0.5, 0.6) is 0 Å². The highest BCUT2D eigenvalue weighted by Gasteiger charge is 2.45. The van der Waals surface area contributed by atoms with Gasteiger partial charge >= 0.3 is 0 Å². The molecule has 0 unspecified atom stereocenters. The van der Waals surface area contributed by atoms with Gasteiger partial charge in [0.05, 0.1) is 24.0 Å². The summed E-state index contributed by atoms with van der Waals surface area (Å²) in [6, 6.07) is 19.8. The zero-order valence-electron chi connectivity index (χ0n) is 18.0. The third-order valence-electron chi connectivity index (χ3n) is 5.89. The SMILES string of the molecule is Cc1ccc(S(=O)(=O)N2[C@H](CC(=O)c3cccc4ccccc34)OC[C@@H]2C(C)C)cc1. The number of aryl methyl sites for hydroxylation is 1. The van der Waals surface area contributed by atoms with Gasteiger partial charge in [0.1, 0.15) is 6.23 Å². The Kier molecular flexibility index (Phi) is 5.97. The molecule has 1 saturated heterocycles. The van der Waals surface area contributed by atoms with Crippen LogP contribution in [0.1, 0.15) is 36.2 Å². The topological polar surface area (TPSA) is 63.7 Å². The minimum Gasteiger partial charge on any atom is -0.360 e. The number of sulfonamides is 1. The maximum Gasteiger partial charge on any atom is 0.245 e. The summed E-state index contributed by atoms with van der Waals surface area (Å²) in [7, 11) is -3.81. The molecular formula is C25H27NO4S. The number of fused-ring (bicyclic) bond motifs is 1. The van der Waals surface area contributed by atoms with Crippen LogP contribution < -0.4 is 0 Å². The van der Waals surface area contributed by atoms with Crippen LogP contribution >= 0.6 is 0 Å². The molecule has 2 atom stereocenters. The van der Waals surface area contributed by atoms with Crippen LogP contribution in [0.25, 0.3) is 10.8 Å². The Morgan fingerprint density at radius 2 is 1.71 bits per heavy atom. The number of hydrogen-bond acceptors (Lipinski definition) is 4. The van der Waals surface area contributed by atoms with Crippen molar-refractivity contribution in [1.29, 1.82) is 0 Å². The first-order chi connectivity index (χ1) is 14.8. The number of carbonyl (C=O) groups excluding carboxylic acids is 1. The molecule has 0 radical (unpaired) electrons. The highest BCUT2D eigenvalue weighted by molar-refractivity contribution is 7.89. The van der Waals surface area contributed by atoms with Crippen LogP contribution in [0.15, 0.2) is 71.6 Å². The molecule has 1 aliphatic rings. The van der Waals surface area contributed by atoms with Crippen LogP contribution in [0, 0.1) is 12.8 Å². The van der Waals surface area contributed by atoms with Gasteiger partial charge in [-0.15, -0.1) is 0 Å². The number of nitrogens with zero attached hydrogens (tertiary/aromatic N) is 1. The Hall–Kier alpha value is -2.54. The first-order valence-electron chi connectivity index (χ1n) is 10.5. The van der Waals surface area contributed by atoms with Crippen LogP contribution in [-0.2, 0) is 14.8 Å². The fraction of sp³-hybridized carbons (Fsp3) is 0.320. The molecule has 0 aromatic heterocycles. The Morgan fingerprint density at radius 1 is 1.03 bits per heavy atom. The Labute approximate surface area is 183 Å². The highest BCUT2D eigenvalue weighted by Crippen LogP contribution is 2.33. The molecule has 0 N–H and O–H groups in total. The standard InChI is InChI=1S/C25H27NO4S/c1-17(2)23-16-30-25(26(23)31(28,29)20-13-11-18(3)12-14-20)15-24(27)22-10-6-8-19-7-4-5-9-21(19)22/h4-14,17,23,25H,15-16H2,1-3H3/t23-,25+/m1/s1. The molecule has 4 rings (SSSR count). The van der Waals surface area contributed by atoms with Crippen molar-refractivity contribution in [2.75, 3.05) is 6.61 Å². The zero-order valence-corrected chi connectivity index (χ0v) is 18.8. The van der Waals surface area contributed by atoms with Crippen LogP contribution in [-0.4, -0.2) is 37.4 Å². The first kappa shape index (κ1) is 21.7. The third kappa shape index (κ3) is 4.15. The van der Waals surface area contributed by atoms with Gasteiger partial charge in [0.2, 0.25) is 10.0 Å². The molecule has 0 saturated carbocycles. The lowest BCUT2D eigenvalue weighted by atomic mass is 9.99. The molecule has 31 heavy (non-hydrogen) atoms. The Bertz CT molecular complexity index is 1200. The molecule has 3 aromatic rings. The zero-order chi connectivity index (χ0) is 22.2. The molecule has 162 valence electrons. The fourth-order valence-electron chi connectivity index (χ4n) is 4.11. The van der Waals surface area contributed by atoms with Gasteiger partial charge in [-0.1, -0.05) is 74.0 Å². The molecule has 1 aliphatic heterocycles. The summed E-state index contributed by atoms with van der Waals surface area (Å²) in [4.78, 5) is 13.5. The van der Waals surface area contributed by atoms with Crippen molar-refractivity contribution in [3.63, 3.8) is 0 Å². The Balaban J connectivity index is 1.68. The van der Waals surface area contributed by atoms with Gasteiger partial charge in [-0.25, -0.2) is 8.42 Å². The number of rotatable bonds is 6. The molecule has 0 aliphatic carbocycles. The van der Waals surface area contributed by atoms with Crippen molar-refractivity contribution in [3.8, 4) is 0 Å². The van der Waals surface area contributed by atoms with Gasteiger partial charge in [-0.3, -0.25) is 4.79 Å². The van der Waals surface area contributed by atoms with Gasteiger partial charge in [-0.05, 0) is 35.7 Å². The maximum atomic E-state index is 13.5. The van der Waals surface area contributed by atoms with E-state index >= 15 is 0 Å². The molecule has 0 amide bonds. The minimum atomic E-state index is -3.81. The molecule has 6 heteroatoms. The molecule has 3 aromatic carbocycles. The monoisotopic (exact) mass is 437 g/mol. The summed E-state index contributed by atoms with van der Waals surface area (Å²) in [6.45, 7) is 6.13. The lowest BCUT2D eigenvalue weighted by Crippen LogP contribution is -2.45. The van der Waals surface area contributed by atoms with Crippen molar-refractivity contribution in [2.24, 2.45) is 5.92 Å². The molecular weight excluding hydrogens is 410 g/mol. The van der Waals surface area contributed by atoms with E-state index in [0.717, 1.165) is 16.3 Å². The summed E-state index contributed by atoms with van der Waals surface area (Å²) < 4.78 is 34.4. The second-order valence-corrected chi connectivity index (χ2v) is 10.2. The number of carbonyl (C=O) groups is 1. The quantitative estimate of drug-likeness (QED) is 0.520. The van der Waals surface area contributed by atoms with Gasteiger partial charge in [0, 0.05) is 5.56 Å². The van der Waals surface area contributed by atoms with Crippen molar-refractivity contribution in [3.05, 3.63) is 77.9 Å². The predicted octanol–water partition coefficient (Wildman–Crippen LogP) is 4.79. The van der Waals surface area contributed by atoms with Crippen molar-refractivity contribution >= 4 is 26.6 Å². The third-order valence-corrected chi connectivity index (χ3v) is 7.81. The highest BCUT2D eigenvalue weighted by atomic mass is 32.2. The normalized spacial score (nSPS) is 19.9. The van der Waals surface area contributed by atoms with E-state index in [1.54, 1.807) is 30.3 Å². The lowest BCUT2D eigenvalue weighted by Gasteiger charge is -2.29. The largest absolute Gasteiger partial charge is 0.360 e. The summed E-state index contributed by atoms with van der Waals surface area (Å²) in [5, 5.41) is 1.84. The van der Waals surface area contributed by atoms with Crippen LogP contribution in [0.2, 0.25) is 0 Å².